The summed E-state index contributed by atoms with van der Waals surface area (Å²) in [5.74, 6) is -0.930. The molecular weight excluding hydrogens is 496 g/mol. The van der Waals surface area contributed by atoms with E-state index in [0.717, 1.165) is 5.56 Å². The number of hydrogen-bond acceptors (Lipinski definition) is 4. The van der Waals surface area contributed by atoms with Gasteiger partial charge >= 0.3 is 0 Å². The lowest BCUT2D eigenvalue weighted by molar-refractivity contribution is -0.117. The number of benzene rings is 4. The third-order valence-electron chi connectivity index (χ3n) is 5.47. The maximum absolute atomic E-state index is 13.4. The number of hydrogen-bond donors (Lipinski definition) is 2. The molecule has 1 amide bonds. The molecule has 6 nitrogen and oxygen atoms in total. The average Bonchev–Trinajstić information content (AvgIpc) is 2.90. The lowest BCUT2D eigenvalue weighted by Crippen LogP contribution is -2.45. The molecule has 0 heterocycles. The molecule has 0 saturated carbocycles. The summed E-state index contributed by atoms with van der Waals surface area (Å²) in [6.45, 7) is 0. The van der Waals surface area contributed by atoms with E-state index >= 15 is 0 Å². The molecule has 0 bridgehead atoms. The first kappa shape index (κ1) is 25.3. The number of sulfonamides is 1. The van der Waals surface area contributed by atoms with Crippen LogP contribution in [0.4, 0.5) is 5.69 Å². The third kappa shape index (κ3) is 6.26. The number of carbonyl (C=O) groups excluding carboxylic acids is 2. The number of carbonyl (C=O) groups is 2. The summed E-state index contributed by atoms with van der Waals surface area (Å²) < 4.78 is 28.6. The predicted molar refractivity (Wildman–Crippen MR) is 141 cm³/mol. The maximum atomic E-state index is 13.4. The van der Waals surface area contributed by atoms with Gasteiger partial charge in [0.05, 0.1) is 10.6 Å². The Morgan fingerprint density at radius 1 is 0.778 bits per heavy atom. The van der Waals surface area contributed by atoms with Gasteiger partial charge in [-0.3, -0.25) is 9.59 Å². The second kappa shape index (κ2) is 11.3. The molecule has 0 aliphatic carbocycles. The Kier molecular flexibility index (Phi) is 7.95. The molecule has 182 valence electrons. The van der Waals surface area contributed by atoms with Gasteiger partial charge in [0.25, 0.3) is 0 Å². The summed E-state index contributed by atoms with van der Waals surface area (Å²) in [5, 5.41) is 3.07. The molecule has 36 heavy (non-hydrogen) atoms. The molecule has 2 N–H and O–H groups in total. The van der Waals surface area contributed by atoms with Crippen LogP contribution in [0.15, 0.2) is 114 Å². The van der Waals surface area contributed by atoms with Crippen LogP contribution in [0.25, 0.3) is 0 Å². The van der Waals surface area contributed by atoms with E-state index in [1.807, 2.05) is 30.3 Å². The third-order valence-corrected chi connectivity index (χ3v) is 7.19. The summed E-state index contributed by atoms with van der Waals surface area (Å²) in [7, 11) is -3.99. The van der Waals surface area contributed by atoms with Gasteiger partial charge < -0.3 is 5.32 Å². The van der Waals surface area contributed by atoms with E-state index in [-0.39, 0.29) is 28.4 Å². The van der Waals surface area contributed by atoms with E-state index in [1.165, 1.54) is 24.3 Å². The van der Waals surface area contributed by atoms with Crippen LogP contribution in [0.5, 0.6) is 0 Å². The first-order chi connectivity index (χ1) is 17.3. The number of anilines is 1. The van der Waals surface area contributed by atoms with E-state index in [0.29, 0.717) is 10.6 Å². The molecule has 0 saturated heterocycles. The van der Waals surface area contributed by atoms with Crippen LogP contribution < -0.4 is 10.0 Å². The molecule has 0 fully saturated rings. The molecule has 4 aromatic rings. The summed E-state index contributed by atoms with van der Waals surface area (Å²) in [6, 6.07) is 28.9. The maximum Gasteiger partial charge on any atom is 0.242 e. The zero-order valence-electron chi connectivity index (χ0n) is 19.1. The van der Waals surface area contributed by atoms with Gasteiger partial charge in [0.2, 0.25) is 15.9 Å². The molecule has 8 heteroatoms. The SMILES string of the molecule is O=C(c1ccccc1)c1cc(Cl)ccc1NC(=O)[C@H](Cc1ccccc1)NS(=O)(=O)c1ccccc1. The standard InChI is InChI=1S/C28H23ClN2O4S/c29-22-16-17-25(24(19-22)27(32)21-12-6-2-7-13-21)30-28(33)26(18-20-10-4-1-5-11-20)31-36(34,35)23-14-8-3-9-15-23/h1-17,19,26,31H,18H2,(H,30,33)/t26-/m0/s1. The number of nitrogens with one attached hydrogen (secondary N) is 2. The Labute approximate surface area is 215 Å². The Balaban J connectivity index is 1.65. The summed E-state index contributed by atoms with van der Waals surface area (Å²) in [6.07, 6.45) is 0.105. The van der Waals surface area contributed by atoms with Crippen molar-refractivity contribution in [1.29, 1.82) is 0 Å². The van der Waals surface area contributed by atoms with Gasteiger partial charge in [-0.25, -0.2) is 8.42 Å². The lowest BCUT2D eigenvalue weighted by Gasteiger charge is -2.20. The fourth-order valence-corrected chi connectivity index (χ4v) is 5.06. The second-order valence-electron chi connectivity index (χ2n) is 8.05. The first-order valence-electron chi connectivity index (χ1n) is 11.1. The van der Waals surface area contributed by atoms with Crippen molar-refractivity contribution in [3.05, 3.63) is 131 Å². The van der Waals surface area contributed by atoms with Crippen LogP contribution in [0.3, 0.4) is 0 Å². The highest BCUT2D eigenvalue weighted by molar-refractivity contribution is 7.89. The van der Waals surface area contributed by atoms with Crippen molar-refractivity contribution in [2.75, 3.05) is 5.32 Å². The number of ketones is 1. The minimum absolute atomic E-state index is 0.0438. The van der Waals surface area contributed by atoms with E-state index in [1.54, 1.807) is 54.6 Å². The largest absolute Gasteiger partial charge is 0.324 e. The fraction of sp³-hybridized carbons (Fsp3) is 0.0714. The van der Waals surface area contributed by atoms with Gasteiger partial charge in [-0.05, 0) is 42.3 Å². The molecule has 0 aromatic heterocycles. The van der Waals surface area contributed by atoms with Gasteiger partial charge in [-0.1, -0.05) is 90.5 Å². The Hall–Kier alpha value is -3.78. The summed E-state index contributed by atoms with van der Waals surface area (Å²) in [4.78, 5) is 26.6. The van der Waals surface area contributed by atoms with Crippen LogP contribution in [0, 0.1) is 0 Å². The Morgan fingerprint density at radius 2 is 1.36 bits per heavy atom. The fourth-order valence-electron chi connectivity index (χ4n) is 3.67. The molecule has 4 rings (SSSR count). The topological polar surface area (TPSA) is 92.3 Å². The van der Waals surface area contributed by atoms with Crippen LogP contribution in [-0.2, 0) is 21.2 Å². The van der Waals surface area contributed by atoms with Gasteiger partial charge in [-0.2, -0.15) is 4.72 Å². The van der Waals surface area contributed by atoms with Gasteiger partial charge in [0.15, 0.2) is 5.78 Å². The highest BCUT2D eigenvalue weighted by Gasteiger charge is 2.27. The van der Waals surface area contributed by atoms with Crippen LogP contribution >= 0.6 is 11.6 Å². The molecule has 0 radical (unpaired) electrons. The number of rotatable bonds is 9. The van der Waals surface area contributed by atoms with E-state index in [2.05, 4.69) is 10.0 Å². The monoisotopic (exact) mass is 518 g/mol. The van der Waals surface area contributed by atoms with Crippen molar-refractivity contribution in [3.63, 3.8) is 0 Å². The Bertz CT molecular complexity index is 1460. The predicted octanol–water partition coefficient (Wildman–Crippen LogP) is 5.10. The summed E-state index contributed by atoms with van der Waals surface area (Å²) in [5.41, 5.74) is 1.63. The smallest absolute Gasteiger partial charge is 0.242 e. The molecule has 0 spiro atoms. The molecule has 0 aliphatic heterocycles. The van der Waals surface area contributed by atoms with Gasteiger partial charge in [0.1, 0.15) is 6.04 Å². The number of amides is 1. The van der Waals surface area contributed by atoms with Crippen molar-refractivity contribution >= 4 is 39.0 Å². The quantitative estimate of drug-likeness (QED) is 0.301. The lowest BCUT2D eigenvalue weighted by atomic mass is 10.0. The minimum atomic E-state index is -3.99. The Morgan fingerprint density at radius 3 is 2.00 bits per heavy atom. The van der Waals surface area contributed by atoms with Crippen LogP contribution in [0.2, 0.25) is 5.02 Å². The van der Waals surface area contributed by atoms with Gasteiger partial charge in [0, 0.05) is 16.1 Å². The molecule has 0 aliphatic rings. The minimum Gasteiger partial charge on any atom is -0.324 e. The second-order valence-corrected chi connectivity index (χ2v) is 10.2. The highest BCUT2D eigenvalue weighted by Crippen LogP contribution is 2.24. The van der Waals surface area contributed by atoms with Crippen molar-refractivity contribution in [1.82, 2.24) is 4.72 Å². The van der Waals surface area contributed by atoms with Crippen molar-refractivity contribution in [2.24, 2.45) is 0 Å². The van der Waals surface area contributed by atoms with Crippen molar-refractivity contribution < 1.29 is 18.0 Å². The summed E-state index contributed by atoms with van der Waals surface area (Å²) >= 11 is 6.15. The average molecular weight is 519 g/mol. The normalized spacial score (nSPS) is 12.0. The zero-order chi connectivity index (χ0) is 25.5. The van der Waals surface area contributed by atoms with Crippen molar-refractivity contribution in [3.8, 4) is 0 Å². The molecule has 0 unspecified atom stereocenters. The highest BCUT2D eigenvalue weighted by atomic mass is 35.5. The van der Waals surface area contributed by atoms with Crippen LogP contribution in [0.1, 0.15) is 21.5 Å². The van der Waals surface area contributed by atoms with E-state index < -0.39 is 22.0 Å². The molecule has 1 atom stereocenters. The van der Waals surface area contributed by atoms with Crippen molar-refractivity contribution in [2.45, 2.75) is 17.4 Å². The first-order valence-corrected chi connectivity index (χ1v) is 13.0. The van der Waals surface area contributed by atoms with Gasteiger partial charge in [-0.15, -0.1) is 0 Å². The van der Waals surface area contributed by atoms with E-state index in [9.17, 15) is 18.0 Å². The molecule has 4 aromatic carbocycles. The zero-order valence-corrected chi connectivity index (χ0v) is 20.7. The number of halogens is 1. The molecular formula is C28H23ClN2O4S. The van der Waals surface area contributed by atoms with E-state index in [4.69, 9.17) is 11.6 Å². The van der Waals surface area contributed by atoms with Crippen LogP contribution in [-0.4, -0.2) is 26.2 Å².